The van der Waals surface area contributed by atoms with E-state index in [1.54, 1.807) is 13.2 Å². The van der Waals surface area contributed by atoms with Gasteiger partial charge in [-0.05, 0) is 136 Å². The van der Waals surface area contributed by atoms with Gasteiger partial charge in [0.25, 0.3) is 0 Å². The molecule has 0 saturated heterocycles. The Morgan fingerprint density at radius 2 is 1.64 bits per heavy atom. The van der Waals surface area contributed by atoms with E-state index in [-0.39, 0.29) is 36.6 Å². The number of esters is 1. The van der Waals surface area contributed by atoms with E-state index in [4.69, 9.17) is 9.47 Å². The van der Waals surface area contributed by atoms with Crippen LogP contribution in [-0.2, 0) is 19.1 Å². The fourth-order valence-electron chi connectivity index (χ4n) is 17.9. The van der Waals surface area contributed by atoms with Crippen molar-refractivity contribution < 1.29 is 44.6 Å². The van der Waals surface area contributed by atoms with Crippen LogP contribution in [0, 0.1) is 63.6 Å². The Kier molecular flexibility index (Phi) is 9.70. The van der Waals surface area contributed by atoms with Crippen LogP contribution in [0.3, 0.4) is 0 Å². The molecule has 10 aliphatic rings. The van der Waals surface area contributed by atoms with Gasteiger partial charge in [0.05, 0.1) is 23.2 Å². The molecule has 10 heteroatoms. The van der Waals surface area contributed by atoms with E-state index in [1.165, 1.54) is 25.7 Å². The second-order valence-corrected chi connectivity index (χ2v) is 21.9. The summed E-state index contributed by atoms with van der Waals surface area (Å²) < 4.78 is 11.7. The third kappa shape index (κ3) is 4.92. The van der Waals surface area contributed by atoms with Crippen LogP contribution in [-0.4, -0.2) is 99.2 Å². The number of aldehydes is 1. The van der Waals surface area contributed by atoms with Gasteiger partial charge in [0.2, 0.25) is 0 Å². The van der Waals surface area contributed by atoms with Gasteiger partial charge < -0.3 is 45.1 Å². The summed E-state index contributed by atoms with van der Waals surface area (Å²) in [4.78, 5) is 28.0. The first kappa shape index (κ1) is 40.4. The van der Waals surface area contributed by atoms with Crippen molar-refractivity contribution >= 4 is 12.3 Å². The number of hydrogen-bond donors (Lipinski definition) is 6. The molecule has 0 aromatic rings. The quantitative estimate of drug-likeness (QED) is 0.0778. The van der Waals surface area contributed by atoms with Gasteiger partial charge >= 0.3 is 5.97 Å². The van der Waals surface area contributed by atoms with Crippen molar-refractivity contribution in [3.8, 4) is 0 Å². The molecule has 10 nitrogen and oxygen atoms in total. The maximum atomic E-state index is 14.5. The van der Waals surface area contributed by atoms with Crippen LogP contribution in [0.1, 0.15) is 135 Å². The minimum atomic E-state index is -2.11. The molecule has 322 valence electrons. The first-order chi connectivity index (χ1) is 27.8. The van der Waals surface area contributed by atoms with Crippen LogP contribution in [0.25, 0.3) is 0 Å². The van der Waals surface area contributed by atoms with Crippen LogP contribution in [0.4, 0.5) is 0 Å². The third-order valence-electron chi connectivity index (χ3n) is 20.2. The van der Waals surface area contributed by atoms with Gasteiger partial charge in [-0.15, -0.1) is 0 Å². The zero-order valence-corrected chi connectivity index (χ0v) is 35.1. The maximum absolute atomic E-state index is 14.5. The van der Waals surface area contributed by atoms with Crippen LogP contribution in [0.15, 0.2) is 23.3 Å². The number of ether oxygens (including phenoxy) is 2. The number of allylic oxidation sites excluding steroid dienone is 1. The van der Waals surface area contributed by atoms with E-state index in [0.29, 0.717) is 63.5 Å². The van der Waals surface area contributed by atoms with Gasteiger partial charge in [-0.25, -0.2) is 4.79 Å². The number of aliphatic hydroxyl groups excluding tert-OH is 2. The highest BCUT2D eigenvalue weighted by molar-refractivity contribution is 5.88. The molecule has 0 aromatic carbocycles. The molecule has 58 heavy (non-hydrogen) atoms. The fourth-order valence-corrected chi connectivity index (χ4v) is 17.9. The largest absolute Gasteiger partial charge is 0.447 e. The Labute approximate surface area is 345 Å². The average Bonchev–Trinajstić information content (AvgIpc) is 3.99. The molecule has 8 fully saturated rings. The molecule has 8 saturated carbocycles. The lowest BCUT2D eigenvalue weighted by Crippen LogP contribution is -2.86. The molecule has 15 atom stereocenters. The minimum absolute atomic E-state index is 0.141. The van der Waals surface area contributed by atoms with Crippen molar-refractivity contribution in [1.29, 1.82) is 0 Å². The van der Waals surface area contributed by atoms with Crippen LogP contribution in [0.2, 0.25) is 0 Å². The zero-order chi connectivity index (χ0) is 40.5. The highest BCUT2D eigenvalue weighted by Crippen LogP contribution is 2.79. The standard InChI is InChI=1S/C48H71NO9/c1-29(30-10-3-4-11-30)31-12-13-34-40(52)42(15-5-6-16-42)27-44(28-50)37-14-19-43-17-7-8-18-45-33(26-49-20-9-21-57-2)22-32(39(43)35(45)24-38(51)58-45)25-46(43,54)48(37,56)41(53)36(23-31)47(34,44)55/h22,24,28-32,34,36-37,39-41,49,52-56H,3-21,23,25-27H2,1-2H3. The van der Waals surface area contributed by atoms with Crippen molar-refractivity contribution in [3.05, 3.63) is 23.3 Å². The molecular weight excluding hydrogens is 735 g/mol. The van der Waals surface area contributed by atoms with Gasteiger partial charge in [0.15, 0.2) is 5.60 Å². The van der Waals surface area contributed by atoms with Crippen LogP contribution >= 0.6 is 0 Å². The summed E-state index contributed by atoms with van der Waals surface area (Å²) in [5.41, 5.74) is -7.59. The van der Waals surface area contributed by atoms with E-state index < -0.39 is 68.6 Å². The van der Waals surface area contributed by atoms with E-state index >= 15 is 0 Å². The predicted octanol–water partition coefficient (Wildman–Crippen LogP) is 5.32. The maximum Gasteiger partial charge on any atom is 0.332 e. The Hall–Kier alpha value is -1.66. The first-order valence-corrected chi connectivity index (χ1v) is 23.7. The van der Waals surface area contributed by atoms with Crippen molar-refractivity contribution in [2.75, 3.05) is 26.8 Å². The summed E-state index contributed by atoms with van der Waals surface area (Å²) in [7, 11) is 1.69. The molecule has 1 heterocycles. The van der Waals surface area contributed by atoms with Crippen molar-refractivity contribution in [1.82, 2.24) is 5.32 Å². The van der Waals surface area contributed by atoms with E-state index in [1.807, 2.05) is 0 Å². The molecular formula is C48H71NO9. The van der Waals surface area contributed by atoms with Gasteiger partial charge in [0.1, 0.15) is 17.5 Å². The Balaban J connectivity index is 1.13. The van der Waals surface area contributed by atoms with Gasteiger partial charge in [-0.1, -0.05) is 57.9 Å². The lowest BCUT2D eigenvalue weighted by molar-refractivity contribution is -0.384. The number of hydrogen-bond acceptors (Lipinski definition) is 10. The lowest BCUT2D eigenvalue weighted by atomic mass is 9.33. The summed E-state index contributed by atoms with van der Waals surface area (Å²) in [6.45, 7) is 4.22. The molecule has 1 aliphatic heterocycles. The summed E-state index contributed by atoms with van der Waals surface area (Å²) in [6, 6.07) is 0. The molecule has 9 aliphatic carbocycles. The molecule has 15 unspecified atom stereocenters. The van der Waals surface area contributed by atoms with Crippen LogP contribution in [0.5, 0.6) is 0 Å². The van der Waals surface area contributed by atoms with Crippen LogP contribution < -0.4 is 5.32 Å². The molecule has 0 amide bonds. The number of nitrogens with one attached hydrogen (secondary N) is 1. The van der Waals surface area contributed by atoms with E-state index in [9.17, 15) is 35.1 Å². The molecule has 6 N–H and O–H groups in total. The number of rotatable bonds is 9. The number of methoxy groups -OCH3 is 1. The van der Waals surface area contributed by atoms with E-state index in [0.717, 1.165) is 75.3 Å². The lowest BCUT2D eigenvalue weighted by Gasteiger charge is -2.74. The molecule has 2 bridgehead atoms. The Bertz CT molecular complexity index is 1720. The molecule has 0 radical (unpaired) electrons. The Morgan fingerprint density at radius 1 is 0.897 bits per heavy atom. The predicted molar refractivity (Wildman–Crippen MR) is 216 cm³/mol. The number of carbonyl (C=O) groups excluding carboxylic acids is 2. The van der Waals surface area contributed by atoms with Gasteiger partial charge in [0, 0.05) is 49.5 Å². The topological polar surface area (TPSA) is 166 Å². The second kappa shape index (κ2) is 13.9. The molecule has 10 rings (SSSR count). The first-order valence-electron chi connectivity index (χ1n) is 23.7. The molecule has 0 aromatic heterocycles. The number of carbonyl (C=O) groups is 2. The highest BCUT2D eigenvalue weighted by Gasteiger charge is 2.86. The minimum Gasteiger partial charge on any atom is -0.447 e. The number of aliphatic hydroxyl groups is 5. The van der Waals surface area contributed by atoms with Gasteiger partial charge in [-0.2, -0.15) is 0 Å². The second-order valence-electron chi connectivity index (χ2n) is 21.9. The summed E-state index contributed by atoms with van der Waals surface area (Å²) in [6.07, 6.45) is 17.6. The van der Waals surface area contributed by atoms with E-state index in [2.05, 4.69) is 18.3 Å². The summed E-state index contributed by atoms with van der Waals surface area (Å²) >= 11 is 0. The average molecular weight is 806 g/mol. The third-order valence-corrected chi connectivity index (χ3v) is 20.2. The zero-order valence-electron chi connectivity index (χ0n) is 35.1. The normalized spacial score (nSPS) is 50.6. The van der Waals surface area contributed by atoms with Crippen molar-refractivity contribution in [3.63, 3.8) is 0 Å². The Morgan fingerprint density at radius 3 is 2.38 bits per heavy atom. The van der Waals surface area contributed by atoms with Gasteiger partial charge in [-0.3, -0.25) is 0 Å². The monoisotopic (exact) mass is 806 g/mol. The summed E-state index contributed by atoms with van der Waals surface area (Å²) in [5.74, 6) is -2.25. The van der Waals surface area contributed by atoms with Crippen molar-refractivity contribution in [2.45, 2.75) is 170 Å². The highest BCUT2D eigenvalue weighted by atomic mass is 16.6. The number of fused-ring (bicyclic) bond motifs is 3. The molecule has 2 spiro atoms. The summed E-state index contributed by atoms with van der Waals surface area (Å²) in [5, 5.41) is 71.7. The SMILES string of the molecule is COCCCNCC1=CC2CC3(O)C4(CCCCC15OC(=O)C=C5C24)CCC1C2(C=O)CC4(CCCC4)C(O)C4CCC(C(C)C5CCCC5)CC(C(O)C13O)C42O. The van der Waals surface area contributed by atoms with Crippen molar-refractivity contribution in [2.24, 2.45) is 63.6 Å². The fraction of sp³-hybridized carbons (Fsp3) is 0.875. The smallest absolute Gasteiger partial charge is 0.332 e.